The van der Waals surface area contributed by atoms with E-state index in [1.807, 2.05) is 18.3 Å². The molecule has 1 aliphatic carbocycles. The van der Waals surface area contributed by atoms with Gasteiger partial charge in [-0.05, 0) is 90.8 Å². The van der Waals surface area contributed by atoms with E-state index in [4.69, 9.17) is 9.73 Å². The van der Waals surface area contributed by atoms with E-state index in [1.54, 1.807) is 19.2 Å². The first-order chi connectivity index (χ1) is 19.5. The zero-order chi connectivity index (χ0) is 27.9. The second-order valence-electron chi connectivity index (χ2n) is 10.9. The number of hydrogen-bond donors (Lipinski definition) is 0. The van der Waals surface area contributed by atoms with Crippen molar-refractivity contribution in [3.8, 4) is 28.3 Å². The number of benzene rings is 2. The highest BCUT2D eigenvalue weighted by atomic mass is 19.1. The Kier molecular flexibility index (Phi) is 9.14. The van der Waals surface area contributed by atoms with Gasteiger partial charge in [0, 0.05) is 17.5 Å². The largest absolute Gasteiger partial charge is 0.487 e. The van der Waals surface area contributed by atoms with Gasteiger partial charge >= 0.3 is 0 Å². The first kappa shape index (κ1) is 27.9. The van der Waals surface area contributed by atoms with Crippen LogP contribution in [0, 0.1) is 23.5 Å². The normalized spacial score (nSPS) is 19.5. The van der Waals surface area contributed by atoms with Gasteiger partial charge in [-0.3, -0.25) is 4.99 Å². The lowest BCUT2D eigenvalue weighted by Crippen LogP contribution is -2.21. The molecule has 0 saturated heterocycles. The molecule has 40 heavy (non-hydrogen) atoms. The smallest absolute Gasteiger partial charge is 0.204 e. The van der Waals surface area contributed by atoms with Crippen LogP contribution in [0.1, 0.15) is 64.7 Å². The van der Waals surface area contributed by atoms with Crippen LogP contribution in [0.2, 0.25) is 0 Å². The Labute approximate surface area is 234 Å². The van der Waals surface area contributed by atoms with Crippen molar-refractivity contribution < 1.29 is 13.5 Å². The first-order valence-electron chi connectivity index (χ1n) is 14.4. The van der Waals surface area contributed by atoms with Crippen molar-refractivity contribution in [1.29, 1.82) is 0 Å². The van der Waals surface area contributed by atoms with Crippen LogP contribution in [0.4, 0.5) is 8.78 Å². The molecule has 0 spiro atoms. The molecule has 6 nitrogen and oxygen atoms in total. The number of halogens is 2. The number of rotatable bonds is 9. The van der Waals surface area contributed by atoms with Gasteiger partial charge in [-0.2, -0.15) is 4.80 Å². The number of hydrogen-bond acceptors (Lipinski definition) is 5. The summed E-state index contributed by atoms with van der Waals surface area (Å²) in [5.74, 6) is -0.164. The van der Waals surface area contributed by atoms with E-state index in [9.17, 15) is 8.78 Å². The van der Waals surface area contributed by atoms with Crippen molar-refractivity contribution in [2.45, 2.75) is 64.7 Å². The lowest BCUT2D eigenvalue weighted by atomic mass is 9.80. The number of aromatic nitrogens is 4. The summed E-state index contributed by atoms with van der Waals surface area (Å²) in [6.45, 7) is 2.50. The number of aryl methyl sites for hydroxylation is 1. The monoisotopic (exact) mass is 545 g/mol. The summed E-state index contributed by atoms with van der Waals surface area (Å²) in [5, 5.41) is 12.0. The van der Waals surface area contributed by atoms with Crippen molar-refractivity contribution in [3.63, 3.8) is 0 Å². The maximum atomic E-state index is 14.9. The van der Waals surface area contributed by atoms with Gasteiger partial charge in [0.1, 0.15) is 0 Å². The Bertz CT molecular complexity index is 1360. The minimum absolute atomic E-state index is 0.290. The molecular weight excluding hydrogens is 508 g/mol. The molecule has 2 aromatic carbocycles. The average molecular weight is 546 g/mol. The molecule has 1 aromatic heterocycles. The molecule has 210 valence electrons. The molecule has 0 unspecified atom stereocenters. The highest BCUT2D eigenvalue weighted by molar-refractivity contribution is 5.85. The maximum absolute atomic E-state index is 14.9. The van der Waals surface area contributed by atoms with Gasteiger partial charge in [0.25, 0.3) is 0 Å². The van der Waals surface area contributed by atoms with E-state index in [0.29, 0.717) is 35.4 Å². The third-order valence-electron chi connectivity index (χ3n) is 8.01. The molecule has 0 bridgehead atoms. The fourth-order valence-corrected chi connectivity index (χ4v) is 5.50. The van der Waals surface area contributed by atoms with Crippen LogP contribution in [0.25, 0.3) is 22.5 Å². The second kappa shape index (κ2) is 13.1. The molecule has 8 heteroatoms. The molecule has 1 saturated carbocycles. The standard InChI is InChI=1S/C32H37F2N5O/c1-3-22-6-4-5-7-28(35-20-22)17-12-23-8-10-24(11-9-23)21-40-31-29(33)18-27(19-30(31)34)25-13-15-26(16-14-25)32-36-38-39(2)37-32/h4,6,13-16,18-20,23-24H,3,5,7-12,17,21H2,1-2H3. The second-order valence-corrected chi connectivity index (χ2v) is 10.9. The van der Waals surface area contributed by atoms with E-state index in [0.717, 1.165) is 63.4 Å². The summed E-state index contributed by atoms with van der Waals surface area (Å²) >= 11 is 0. The van der Waals surface area contributed by atoms with Crippen LogP contribution in [-0.4, -0.2) is 32.5 Å². The summed E-state index contributed by atoms with van der Waals surface area (Å²) in [7, 11) is 1.69. The van der Waals surface area contributed by atoms with Crippen molar-refractivity contribution in [2.75, 3.05) is 6.61 Å². The molecule has 2 aliphatic rings. The number of ether oxygens (including phenoxy) is 1. The van der Waals surface area contributed by atoms with Crippen molar-refractivity contribution in [3.05, 3.63) is 72.0 Å². The Morgan fingerprint density at radius 2 is 1.65 bits per heavy atom. The Balaban J connectivity index is 1.11. The van der Waals surface area contributed by atoms with Crippen LogP contribution >= 0.6 is 0 Å². The first-order valence-corrected chi connectivity index (χ1v) is 14.4. The summed E-state index contributed by atoms with van der Waals surface area (Å²) in [4.78, 5) is 6.14. The van der Waals surface area contributed by atoms with Gasteiger partial charge in [0.15, 0.2) is 17.4 Å². The Morgan fingerprint density at radius 3 is 2.33 bits per heavy atom. The zero-order valence-electron chi connectivity index (χ0n) is 23.3. The zero-order valence-corrected chi connectivity index (χ0v) is 23.3. The molecule has 0 amide bonds. The fraction of sp³-hybridized carbons (Fsp3) is 0.438. The average Bonchev–Trinajstić information content (AvgIpc) is 3.39. The van der Waals surface area contributed by atoms with Crippen molar-refractivity contribution in [2.24, 2.45) is 23.9 Å². The molecule has 0 N–H and O–H groups in total. The van der Waals surface area contributed by atoms with Gasteiger partial charge in [-0.15, -0.1) is 10.2 Å². The molecule has 0 radical (unpaired) electrons. The van der Waals surface area contributed by atoms with Crippen molar-refractivity contribution in [1.82, 2.24) is 20.2 Å². The molecule has 5 rings (SSSR count). The van der Waals surface area contributed by atoms with Crippen LogP contribution in [-0.2, 0) is 7.05 Å². The molecule has 0 atom stereocenters. The molecular formula is C32H37F2N5O. The van der Waals surface area contributed by atoms with Gasteiger partial charge in [-0.25, -0.2) is 8.78 Å². The topological polar surface area (TPSA) is 65.2 Å². The van der Waals surface area contributed by atoms with Gasteiger partial charge in [-0.1, -0.05) is 56.2 Å². The predicted octanol–water partition coefficient (Wildman–Crippen LogP) is 7.87. The molecule has 2 heterocycles. The number of tetrazole rings is 1. The van der Waals surface area contributed by atoms with Gasteiger partial charge in [0.05, 0.1) is 13.7 Å². The minimum Gasteiger partial charge on any atom is -0.487 e. The fourth-order valence-electron chi connectivity index (χ4n) is 5.50. The third kappa shape index (κ3) is 7.09. The molecule has 1 aliphatic heterocycles. The quantitative estimate of drug-likeness (QED) is 0.274. The third-order valence-corrected chi connectivity index (χ3v) is 8.01. The number of aliphatic imine (C=N–C) groups is 1. The molecule has 3 aromatic rings. The van der Waals surface area contributed by atoms with Crippen molar-refractivity contribution >= 4 is 5.71 Å². The maximum Gasteiger partial charge on any atom is 0.204 e. The SMILES string of the molecule is CCC1=CN=C(CCC2CCC(COc3c(F)cc(-c4ccc(-c5nnn(C)n5)cc4)cc3F)CC2)CCC=C1. The summed E-state index contributed by atoms with van der Waals surface area (Å²) < 4.78 is 35.6. The number of allylic oxidation sites excluding steroid dienone is 3. The lowest BCUT2D eigenvalue weighted by Gasteiger charge is -2.28. The van der Waals surface area contributed by atoms with E-state index >= 15 is 0 Å². The van der Waals surface area contributed by atoms with Gasteiger partial charge in [0.2, 0.25) is 5.82 Å². The van der Waals surface area contributed by atoms with Crippen LogP contribution in [0.15, 0.2) is 65.3 Å². The van der Waals surface area contributed by atoms with Gasteiger partial charge < -0.3 is 4.74 Å². The molecule has 1 fully saturated rings. The lowest BCUT2D eigenvalue weighted by molar-refractivity contribution is 0.171. The van der Waals surface area contributed by atoms with Crippen LogP contribution < -0.4 is 4.74 Å². The summed E-state index contributed by atoms with van der Waals surface area (Å²) in [6.07, 6.45) is 16.1. The van der Waals surface area contributed by atoms with Crippen LogP contribution in [0.5, 0.6) is 5.75 Å². The van der Waals surface area contributed by atoms with E-state index in [-0.39, 0.29) is 5.75 Å². The summed E-state index contributed by atoms with van der Waals surface area (Å²) in [6, 6.07) is 9.86. The van der Waals surface area contributed by atoms with Crippen LogP contribution in [0.3, 0.4) is 0 Å². The highest BCUT2D eigenvalue weighted by Gasteiger charge is 2.23. The van der Waals surface area contributed by atoms with E-state index in [1.165, 1.54) is 28.2 Å². The van der Waals surface area contributed by atoms with E-state index < -0.39 is 11.6 Å². The van der Waals surface area contributed by atoms with E-state index in [2.05, 4.69) is 34.5 Å². The summed E-state index contributed by atoms with van der Waals surface area (Å²) in [5.41, 5.74) is 4.51. The Hall–Kier alpha value is -3.68. The Morgan fingerprint density at radius 1 is 0.950 bits per heavy atom. The highest BCUT2D eigenvalue weighted by Crippen LogP contribution is 2.34. The predicted molar refractivity (Wildman–Crippen MR) is 154 cm³/mol. The minimum atomic E-state index is -0.682. The number of nitrogens with zero attached hydrogens (tertiary/aromatic N) is 5.